The van der Waals surface area contributed by atoms with Crippen LogP contribution in [0.25, 0.3) is 54.3 Å². The van der Waals surface area contributed by atoms with Gasteiger partial charge in [-0.15, -0.1) is 0 Å². The minimum absolute atomic E-state index is 0.771. The summed E-state index contributed by atoms with van der Waals surface area (Å²) in [6.07, 6.45) is 0. The largest absolute Gasteiger partial charge is 0.453 e. The molecule has 0 saturated carbocycles. The molecule has 0 spiro atoms. The van der Waals surface area contributed by atoms with Crippen molar-refractivity contribution in [1.82, 2.24) is 0 Å². The maximum Gasteiger partial charge on any atom is 0.453 e. The predicted molar refractivity (Wildman–Crippen MR) is 151 cm³/mol. The van der Waals surface area contributed by atoms with Crippen LogP contribution in [-0.4, -0.2) is 0 Å². The smallest absolute Gasteiger partial charge is 0.390 e. The van der Waals surface area contributed by atoms with Gasteiger partial charge in [-0.25, -0.2) is 0 Å². The Morgan fingerprint density at radius 3 is 1.94 bits per heavy atom. The van der Waals surface area contributed by atoms with Gasteiger partial charge >= 0.3 is 8.24 Å². The van der Waals surface area contributed by atoms with Crippen LogP contribution in [0.4, 0.5) is 0 Å². The minimum Gasteiger partial charge on any atom is -0.390 e. The van der Waals surface area contributed by atoms with Crippen LogP contribution in [0.3, 0.4) is 0 Å². The Morgan fingerprint density at radius 2 is 1.22 bits per heavy atom. The zero-order valence-corrected chi connectivity index (χ0v) is 20.9. The van der Waals surface area contributed by atoms with Crippen molar-refractivity contribution in [1.29, 1.82) is 0 Å². The molecule has 0 aliphatic carbocycles. The van der Waals surface area contributed by atoms with Gasteiger partial charge in [0, 0.05) is 21.5 Å². The number of benzene rings is 6. The van der Waals surface area contributed by atoms with E-state index in [2.05, 4.69) is 86.6 Å². The number of fused-ring (bicyclic) bond motifs is 7. The number of rotatable bonds is 2. The molecule has 4 heteroatoms. The summed E-state index contributed by atoms with van der Waals surface area (Å²) >= 11 is 0. The first kappa shape index (κ1) is 21.1. The van der Waals surface area contributed by atoms with Crippen LogP contribution in [0.2, 0.25) is 0 Å². The van der Waals surface area contributed by atoms with Crippen molar-refractivity contribution in [2.75, 3.05) is 0 Å². The Morgan fingerprint density at radius 1 is 0.583 bits per heavy atom. The first-order valence-electron chi connectivity index (χ1n) is 12.0. The van der Waals surface area contributed by atoms with Crippen molar-refractivity contribution in [2.45, 2.75) is 13.8 Å². The molecule has 0 aliphatic heterocycles. The van der Waals surface area contributed by atoms with Crippen molar-refractivity contribution in [3.8, 4) is 5.75 Å². The van der Waals surface area contributed by atoms with Crippen molar-refractivity contribution >= 4 is 62.5 Å². The normalized spacial score (nSPS) is 12.1. The van der Waals surface area contributed by atoms with E-state index in [1.807, 2.05) is 30.3 Å². The average Bonchev–Trinajstić information content (AvgIpc) is 3.05. The molecule has 0 saturated heterocycles. The quantitative estimate of drug-likeness (QED) is 0.228. The van der Waals surface area contributed by atoms with Gasteiger partial charge < -0.3 is 12.9 Å². The molecule has 0 bridgehead atoms. The second-order valence-electron chi connectivity index (χ2n) is 9.26. The lowest BCUT2D eigenvalue weighted by molar-refractivity contribution is 0.504. The highest BCUT2D eigenvalue weighted by atomic mass is 31.1. The van der Waals surface area contributed by atoms with Gasteiger partial charge in [-0.2, -0.15) is 0 Å². The van der Waals surface area contributed by atoms with Gasteiger partial charge in [0.1, 0.15) is 11.2 Å². The summed E-state index contributed by atoms with van der Waals surface area (Å²) in [7, 11) is -1.78. The van der Waals surface area contributed by atoms with Crippen LogP contribution >= 0.6 is 8.24 Å². The van der Waals surface area contributed by atoms with Crippen LogP contribution in [-0.2, 0) is 0 Å². The third kappa shape index (κ3) is 3.36. The summed E-state index contributed by atoms with van der Waals surface area (Å²) in [4.78, 5) is 0. The first-order chi connectivity index (χ1) is 17.7. The lowest BCUT2D eigenvalue weighted by atomic mass is 10.0. The summed E-state index contributed by atoms with van der Waals surface area (Å²) < 4.78 is 19.9. The summed E-state index contributed by atoms with van der Waals surface area (Å²) in [5.41, 5.74) is 3.83. The standard InChI is InChI=1S/C32H23O3P/c1-20-17-21(2)31-28(18-20)30-25-12-6-3-9-22(25)15-16-29(30)33-36(34-31)35-32-26-13-7-4-10-23(26)19-24-11-5-8-14-27(24)32/h3-19H,1-2H3. The zero-order chi connectivity index (χ0) is 24.2. The molecule has 1 aromatic heterocycles. The first-order valence-corrected chi connectivity index (χ1v) is 13.1. The topological polar surface area (TPSA) is 35.5 Å². The van der Waals surface area contributed by atoms with Gasteiger partial charge in [0.25, 0.3) is 0 Å². The summed E-state index contributed by atoms with van der Waals surface area (Å²) in [6.45, 7) is 4.20. The summed E-state index contributed by atoms with van der Waals surface area (Å²) in [5.74, 6) is 0.783. The van der Waals surface area contributed by atoms with E-state index in [9.17, 15) is 0 Å². The fraction of sp³-hybridized carbons (Fsp3) is 0.0625. The van der Waals surface area contributed by atoms with Crippen molar-refractivity contribution < 1.29 is 12.9 Å². The van der Waals surface area contributed by atoms with Crippen LogP contribution in [0, 0.1) is 13.8 Å². The van der Waals surface area contributed by atoms with Crippen LogP contribution in [0.5, 0.6) is 5.75 Å². The molecule has 7 aromatic rings. The second-order valence-corrected chi connectivity index (χ2v) is 10.3. The lowest BCUT2D eigenvalue weighted by Gasteiger charge is -2.10. The van der Waals surface area contributed by atoms with E-state index in [0.717, 1.165) is 65.6 Å². The highest BCUT2D eigenvalue weighted by molar-refractivity contribution is 7.32. The Kier molecular flexibility index (Phi) is 4.80. The fourth-order valence-corrected chi connectivity index (χ4v) is 6.38. The molecule has 1 unspecified atom stereocenters. The average molecular weight is 487 g/mol. The van der Waals surface area contributed by atoms with E-state index < -0.39 is 8.24 Å². The molecule has 7 rings (SSSR count). The van der Waals surface area contributed by atoms with Gasteiger partial charge in [0.2, 0.25) is 0 Å². The molecule has 0 fully saturated rings. The molecule has 1 heterocycles. The lowest BCUT2D eigenvalue weighted by Crippen LogP contribution is -1.86. The Hall–Kier alpha value is -4.20. The molecular weight excluding hydrogens is 463 g/mol. The minimum atomic E-state index is -1.78. The van der Waals surface area contributed by atoms with E-state index >= 15 is 0 Å². The molecule has 0 radical (unpaired) electrons. The van der Waals surface area contributed by atoms with Gasteiger partial charge in [-0.1, -0.05) is 84.9 Å². The zero-order valence-electron chi connectivity index (χ0n) is 20.0. The van der Waals surface area contributed by atoms with E-state index in [1.165, 1.54) is 5.56 Å². The highest BCUT2D eigenvalue weighted by Crippen LogP contribution is 2.44. The molecule has 1 atom stereocenters. The summed E-state index contributed by atoms with van der Waals surface area (Å²) in [5, 5.41) is 8.70. The predicted octanol–water partition coefficient (Wildman–Crippen LogP) is 10.2. The van der Waals surface area contributed by atoms with Crippen LogP contribution < -0.4 is 4.52 Å². The molecule has 3 nitrogen and oxygen atoms in total. The third-order valence-electron chi connectivity index (χ3n) is 6.81. The third-order valence-corrected chi connectivity index (χ3v) is 7.81. The SMILES string of the molecule is Cc1cc(C)c2op(Oc3c4ccccc4cc4ccccc34)oc3ccc4ccccc4c3c2c1. The summed E-state index contributed by atoms with van der Waals surface area (Å²) in [6, 6.07) is 35.7. The molecule has 6 aromatic carbocycles. The molecule has 36 heavy (non-hydrogen) atoms. The Bertz CT molecular complexity index is 1950. The number of hydrogen-bond acceptors (Lipinski definition) is 3. The second kappa shape index (κ2) is 8.19. The van der Waals surface area contributed by atoms with E-state index in [1.54, 1.807) is 0 Å². The molecular formula is C32H23O3P. The maximum atomic E-state index is 6.69. The van der Waals surface area contributed by atoms with Gasteiger partial charge in [-0.3, -0.25) is 0 Å². The van der Waals surface area contributed by atoms with E-state index in [-0.39, 0.29) is 0 Å². The number of hydrogen-bond donors (Lipinski definition) is 0. The Labute approximate surface area is 209 Å². The van der Waals surface area contributed by atoms with E-state index in [4.69, 9.17) is 12.9 Å². The van der Waals surface area contributed by atoms with Gasteiger partial charge in [0.15, 0.2) is 5.75 Å². The molecule has 0 aliphatic rings. The van der Waals surface area contributed by atoms with Crippen LogP contribution in [0.1, 0.15) is 11.1 Å². The van der Waals surface area contributed by atoms with Gasteiger partial charge in [-0.05, 0) is 64.7 Å². The monoisotopic (exact) mass is 486 g/mol. The highest BCUT2D eigenvalue weighted by Gasteiger charge is 2.16. The van der Waals surface area contributed by atoms with Crippen LogP contribution in [0.15, 0.2) is 112 Å². The molecule has 174 valence electrons. The van der Waals surface area contributed by atoms with Crippen molar-refractivity contribution in [3.63, 3.8) is 0 Å². The number of aryl methyl sites for hydroxylation is 2. The van der Waals surface area contributed by atoms with E-state index in [0.29, 0.717) is 0 Å². The maximum absolute atomic E-state index is 6.69. The van der Waals surface area contributed by atoms with Gasteiger partial charge in [0.05, 0.1) is 0 Å². The Balaban J connectivity index is 1.59. The molecule has 0 amide bonds. The van der Waals surface area contributed by atoms with Crippen molar-refractivity contribution in [2.24, 2.45) is 0 Å². The fourth-order valence-electron chi connectivity index (χ4n) is 5.22. The van der Waals surface area contributed by atoms with Crippen molar-refractivity contribution in [3.05, 3.63) is 114 Å². The molecule has 0 N–H and O–H groups in total.